The van der Waals surface area contributed by atoms with Gasteiger partial charge in [-0.1, -0.05) is 17.7 Å². The Morgan fingerprint density at radius 1 is 1.11 bits per heavy atom. The van der Waals surface area contributed by atoms with E-state index in [4.69, 9.17) is 11.6 Å². The number of hydrogen-bond acceptors (Lipinski definition) is 3. The summed E-state index contributed by atoms with van der Waals surface area (Å²) >= 11 is 6.05. The predicted molar refractivity (Wildman–Crippen MR) is 78.9 cm³/mol. The van der Waals surface area contributed by atoms with Gasteiger partial charge in [-0.05, 0) is 37.5 Å². The van der Waals surface area contributed by atoms with Gasteiger partial charge in [0.1, 0.15) is 0 Å². The van der Waals surface area contributed by atoms with Crippen LogP contribution in [0.1, 0.15) is 19.3 Å². The second-order valence-electron chi connectivity index (χ2n) is 5.57. The molecule has 1 heterocycles. The summed E-state index contributed by atoms with van der Waals surface area (Å²) in [5, 5.41) is 10.8. The second-order valence-corrected chi connectivity index (χ2v) is 6.00. The van der Waals surface area contributed by atoms with Crippen molar-refractivity contribution in [2.75, 3.05) is 31.1 Å². The Kier molecular flexibility index (Phi) is 3.96. The third-order valence-corrected chi connectivity index (χ3v) is 4.64. The van der Waals surface area contributed by atoms with E-state index in [1.165, 1.54) is 12.1 Å². The van der Waals surface area contributed by atoms with Crippen molar-refractivity contribution >= 4 is 17.3 Å². The summed E-state index contributed by atoms with van der Waals surface area (Å²) in [4.78, 5) is 4.84. The lowest BCUT2D eigenvalue weighted by molar-refractivity contribution is 0.0671. The van der Waals surface area contributed by atoms with Gasteiger partial charge in [-0.3, -0.25) is 4.90 Å². The quantitative estimate of drug-likeness (QED) is 0.901. The summed E-state index contributed by atoms with van der Waals surface area (Å²) in [6.07, 6.45) is 3.18. The van der Waals surface area contributed by atoms with E-state index in [1.807, 2.05) is 18.2 Å². The number of hydrogen-bond donors (Lipinski definition) is 1. The summed E-state index contributed by atoms with van der Waals surface area (Å²) in [7, 11) is 0. The number of aliphatic hydroxyl groups is 1. The van der Waals surface area contributed by atoms with Gasteiger partial charge in [0.15, 0.2) is 0 Å². The first kappa shape index (κ1) is 13.2. The highest BCUT2D eigenvalue weighted by Gasteiger charge is 2.32. The van der Waals surface area contributed by atoms with E-state index in [0.717, 1.165) is 44.0 Å². The minimum Gasteiger partial charge on any atom is -0.391 e. The number of anilines is 1. The lowest BCUT2D eigenvalue weighted by atomic mass is 10.1. The first-order valence-corrected chi connectivity index (χ1v) is 7.54. The van der Waals surface area contributed by atoms with Crippen LogP contribution in [0.4, 0.5) is 5.69 Å². The van der Waals surface area contributed by atoms with Crippen LogP contribution in [0.15, 0.2) is 24.3 Å². The number of aliphatic hydroxyl groups excluding tert-OH is 1. The van der Waals surface area contributed by atoms with Gasteiger partial charge < -0.3 is 10.0 Å². The van der Waals surface area contributed by atoms with Crippen molar-refractivity contribution < 1.29 is 5.11 Å². The van der Waals surface area contributed by atoms with Crippen molar-refractivity contribution in [3.63, 3.8) is 0 Å². The molecule has 1 aliphatic heterocycles. The maximum absolute atomic E-state index is 9.99. The van der Waals surface area contributed by atoms with Gasteiger partial charge >= 0.3 is 0 Å². The summed E-state index contributed by atoms with van der Waals surface area (Å²) < 4.78 is 0. The third kappa shape index (κ3) is 2.88. The fourth-order valence-corrected chi connectivity index (χ4v) is 3.52. The molecule has 2 fully saturated rings. The molecule has 0 amide bonds. The van der Waals surface area contributed by atoms with Crippen molar-refractivity contribution in [2.24, 2.45) is 0 Å². The third-order valence-electron chi connectivity index (χ3n) is 4.40. The topological polar surface area (TPSA) is 26.7 Å². The lowest BCUT2D eigenvalue weighted by Crippen LogP contribution is -2.52. The normalized spacial score (nSPS) is 28.8. The summed E-state index contributed by atoms with van der Waals surface area (Å²) in [6, 6.07) is 8.45. The minimum absolute atomic E-state index is 0.113. The van der Waals surface area contributed by atoms with Gasteiger partial charge in [-0.15, -0.1) is 0 Å². The van der Waals surface area contributed by atoms with E-state index >= 15 is 0 Å². The molecule has 1 aromatic carbocycles. The van der Waals surface area contributed by atoms with Crippen molar-refractivity contribution in [1.29, 1.82) is 0 Å². The minimum atomic E-state index is -0.113. The van der Waals surface area contributed by atoms with E-state index in [9.17, 15) is 5.11 Å². The van der Waals surface area contributed by atoms with E-state index in [0.29, 0.717) is 6.04 Å². The van der Waals surface area contributed by atoms with E-state index in [1.54, 1.807) is 0 Å². The summed E-state index contributed by atoms with van der Waals surface area (Å²) in [6.45, 7) is 4.11. The van der Waals surface area contributed by atoms with Gasteiger partial charge in [-0.25, -0.2) is 0 Å². The highest BCUT2D eigenvalue weighted by atomic mass is 35.5. The Balaban J connectivity index is 1.60. The lowest BCUT2D eigenvalue weighted by Gasteiger charge is -2.40. The predicted octanol–water partition coefficient (Wildman–Crippen LogP) is 2.38. The molecule has 19 heavy (non-hydrogen) atoms. The second kappa shape index (κ2) is 5.70. The fourth-order valence-electron chi connectivity index (χ4n) is 3.33. The molecule has 4 heteroatoms. The molecular formula is C15H21ClN2O. The van der Waals surface area contributed by atoms with Crippen LogP contribution in [0, 0.1) is 0 Å². The molecular weight excluding hydrogens is 260 g/mol. The molecule has 0 unspecified atom stereocenters. The van der Waals surface area contributed by atoms with Crippen LogP contribution in [-0.2, 0) is 0 Å². The molecule has 1 saturated heterocycles. The number of piperazine rings is 1. The molecule has 1 saturated carbocycles. The maximum Gasteiger partial charge on any atom is 0.0695 e. The van der Waals surface area contributed by atoms with Crippen molar-refractivity contribution in [3.05, 3.63) is 29.3 Å². The molecule has 1 aliphatic carbocycles. The van der Waals surface area contributed by atoms with Gasteiger partial charge in [0.05, 0.1) is 6.10 Å². The summed E-state index contributed by atoms with van der Waals surface area (Å²) in [5.74, 6) is 0. The average molecular weight is 281 g/mol. The number of benzene rings is 1. The van der Waals surface area contributed by atoms with E-state index < -0.39 is 0 Å². The molecule has 1 aromatic rings. The van der Waals surface area contributed by atoms with Gasteiger partial charge in [-0.2, -0.15) is 0 Å². The van der Waals surface area contributed by atoms with Crippen LogP contribution in [0.5, 0.6) is 0 Å². The fraction of sp³-hybridized carbons (Fsp3) is 0.600. The zero-order valence-corrected chi connectivity index (χ0v) is 11.9. The number of nitrogens with zero attached hydrogens (tertiary/aromatic N) is 2. The zero-order valence-electron chi connectivity index (χ0n) is 11.1. The molecule has 0 radical (unpaired) electrons. The molecule has 104 valence electrons. The van der Waals surface area contributed by atoms with Crippen LogP contribution < -0.4 is 4.90 Å². The maximum atomic E-state index is 9.99. The Bertz CT molecular complexity index is 432. The monoisotopic (exact) mass is 280 g/mol. The first-order valence-electron chi connectivity index (χ1n) is 7.17. The highest BCUT2D eigenvalue weighted by Crippen LogP contribution is 2.26. The molecule has 3 nitrogen and oxygen atoms in total. The van der Waals surface area contributed by atoms with Crippen molar-refractivity contribution in [1.82, 2.24) is 4.90 Å². The molecule has 0 bridgehead atoms. The SMILES string of the molecule is O[C@H]1CCC[C@H]1N1CCN(c2cccc(Cl)c2)CC1. The molecule has 1 N–H and O–H groups in total. The number of rotatable bonds is 2. The molecule has 2 atom stereocenters. The standard InChI is InChI=1S/C15H21ClN2O/c16-12-3-1-4-13(11-12)17-7-9-18(10-8-17)14-5-2-6-15(14)19/h1,3-4,11,14-15,19H,2,5-10H2/t14-,15+/m1/s1. The molecule has 0 spiro atoms. The molecule has 0 aromatic heterocycles. The van der Waals surface area contributed by atoms with Crippen LogP contribution in [0.2, 0.25) is 5.02 Å². The molecule has 2 aliphatic rings. The van der Waals surface area contributed by atoms with Crippen LogP contribution in [0.25, 0.3) is 0 Å². The van der Waals surface area contributed by atoms with Gasteiger partial charge in [0.2, 0.25) is 0 Å². The Morgan fingerprint density at radius 3 is 2.53 bits per heavy atom. The van der Waals surface area contributed by atoms with Crippen molar-refractivity contribution in [2.45, 2.75) is 31.4 Å². The zero-order chi connectivity index (χ0) is 13.2. The van der Waals surface area contributed by atoms with E-state index in [2.05, 4.69) is 15.9 Å². The Morgan fingerprint density at radius 2 is 1.89 bits per heavy atom. The first-order chi connectivity index (χ1) is 9.24. The van der Waals surface area contributed by atoms with E-state index in [-0.39, 0.29) is 6.10 Å². The van der Waals surface area contributed by atoms with Crippen LogP contribution in [-0.4, -0.2) is 48.3 Å². The van der Waals surface area contributed by atoms with Crippen LogP contribution >= 0.6 is 11.6 Å². The average Bonchev–Trinajstić information content (AvgIpc) is 2.85. The number of halogens is 1. The highest BCUT2D eigenvalue weighted by molar-refractivity contribution is 6.30. The Labute approximate surface area is 119 Å². The van der Waals surface area contributed by atoms with Crippen LogP contribution in [0.3, 0.4) is 0 Å². The summed E-state index contributed by atoms with van der Waals surface area (Å²) in [5.41, 5.74) is 1.21. The largest absolute Gasteiger partial charge is 0.391 e. The van der Waals surface area contributed by atoms with Gasteiger partial charge in [0.25, 0.3) is 0 Å². The Hall–Kier alpha value is -0.770. The van der Waals surface area contributed by atoms with Crippen molar-refractivity contribution in [3.8, 4) is 0 Å². The smallest absolute Gasteiger partial charge is 0.0695 e. The molecule has 3 rings (SSSR count). The van der Waals surface area contributed by atoms with Gasteiger partial charge in [0, 0.05) is 42.9 Å².